The van der Waals surface area contributed by atoms with Crippen molar-refractivity contribution in [2.75, 3.05) is 31.1 Å². The van der Waals surface area contributed by atoms with Gasteiger partial charge in [-0.15, -0.1) is 0 Å². The van der Waals surface area contributed by atoms with E-state index in [2.05, 4.69) is 22.4 Å². The van der Waals surface area contributed by atoms with Gasteiger partial charge in [0.1, 0.15) is 0 Å². The molecule has 18 heavy (non-hydrogen) atoms. The Kier molecular flexibility index (Phi) is 5.57. The van der Waals surface area contributed by atoms with Crippen LogP contribution in [0.1, 0.15) is 26.2 Å². The molecule has 0 radical (unpaired) electrons. The number of hydrogen-bond acceptors (Lipinski definition) is 3. The molecule has 2 rings (SSSR count). The normalized spacial score (nSPS) is 26.8. The molecule has 0 bridgehead atoms. The van der Waals surface area contributed by atoms with Gasteiger partial charge in [0.15, 0.2) is 0 Å². The molecule has 0 aromatic heterocycles. The highest BCUT2D eigenvalue weighted by atomic mass is 32.2. The number of nitrogens with one attached hydrogen (secondary N) is 1. The minimum absolute atomic E-state index is 0.0324. The van der Waals surface area contributed by atoms with Crippen molar-refractivity contribution < 1.29 is 4.79 Å². The molecular weight excluding hydrogens is 244 g/mol. The van der Waals surface area contributed by atoms with E-state index in [9.17, 15) is 4.79 Å². The quantitative estimate of drug-likeness (QED) is 0.790. The zero-order valence-corrected chi connectivity index (χ0v) is 12.0. The summed E-state index contributed by atoms with van der Waals surface area (Å²) in [4.78, 5) is 14.4. The SMILES string of the molecule is CC(C(=O)NCC1CC=CCC1)N1CCSCC1. The summed E-state index contributed by atoms with van der Waals surface area (Å²) < 4.78 is 0. The van der Waals surface area contributed by atoms with Gasteiger partial charge in [-0.3, -0.25) is 9.69 Å². The Hall–Kier alpha value is -0.480. The fourth-order valence-corrected chi connectivity index (χ4v) is 3.50. The van der Waals surface area contributed by atoms with Gasteiger partial charge in [0.2, 0.25) is 5.91 Å². The highest BCUT2D eigenvalue weighted by Crippen LogP contribution is 2.17. The van der Waals surface area contributed by atoms with Gasteiger partial charge in [-0.1, -0.05) is 12.2 Å². The van der Waals surface area contributed by atoms with Crippen LogP contribution in [0.5, 0.6) is 0 Å². The molecule has 1 saturated heterocycles. The second kappa shape index (κ2) is 7.19. The van der Waals surface area contributed by atoms with E-state index >= 15 is 0 Å². The molecule has 1 N–H and O–H groups in total. The van der Waals surface area contributed by atoms with Crippen molar-refractivity contribution >= 4 is 17.7 Å². The third kappa shape index (κ3) is 4.02. The van der Waals surface area contributed by atoms with Gasteiger partial charge in [-0.25, -0.2) is 0 Å². The summed E-state index contributed by atoms with van der Waals surface area (Å²) in [7, 11) is 0. The Morgan fingerprint density at radius 3 is 2.89 bits per heavy atom. The van der Waals surface area contributed by atoms with Crippen LogP contribution in [0.25, 0.3) is 0 Å². The van der Waals surface area contributed by atoms with Gasteiger partial charge in [0, 0.05) is 31.1 Å². The van der Waals surface area contributed by atoms with Gasteiger partial charge in [0.05, 0.1) is 6.04 Å². The van der Waals surface area contributed by atoms with E-state index in [0.717, 1.165) is 37.6 Å². The number of carbonyl (C=O) groups is 1. The maximum atomic E-state index is 12.1. The Balaban J connectivity index is 1.71. The Bertz CT molecular complexity index is 300. The average Bonchev–Trinajstić information content (AvgIpc) is 2.46. The van der Waals surface area contributed by atoms with Crippen molar-refractivity contribution in [2.45, 2.75) is 32.2 Å². The topological polar surface area (TPSA) is 32.3 Å². The molecule has 3 nitrogen and oxygen atoms in total. The molecule has 102 valence electrons. The third-order valence-corrected chi connectivity index (χ3v) is 4.86. The fraction of sp³-hybridized carbons (Fsp3) is 0.786. The second-order valence-electron chi connectivity index (χ2n) is 5.22. The maximum absolute atomic E-state index is 12.1. The number of thioether (sulfide) groups is 1. The summed E-state index contributed by atoms with van der Waals surface area (Å²) >= 11 is 1.98. The van der Waals surface area contributed by atoms with Crippen LogP contribution in [0.4, 0.5) is 0 Å². The zero-order valence-electron chi connectivity index (χ0n) is 11.2. The van der Waals surface area contributed by atoms with Crippen LogP contribution in [-0.4, -0.2) is 48.0 Å². The summed E-state index contributed by atoms with van der Waals surface area (Å²) in [5, 5.41) is 3.13. The van der Waals surface area contributed by atoms with E-state index < -0.39 is 0 Å². The third-order valence-electron chi connectivity index (χ3n) is 3.92. The first kappa shape index (κ1) is 13.9. The van der Waals surface area contributed by atoms with Gasteiger partial charge in [0.25, 0.3) is 0 Å². The van der Waals surface area contributed by atoms with Crippen molar-refractivity contribution in [2.24, 2.45) is 5.92 Å². The largest absolute Gasteiger partial charge is 0.354 e. The van der Waals surface area contributed by atoms with Crippen LogP contribution < -0.4 is 5.32 Å². The van der Waals surface area contributed by atoms with Crippen molar-refractivity contribution in [1.29, 1.82) is 0 Å². The Labute approximate surface area is 114 Å². The van der Waals surface area contributed by atoms with Gasteiger partial charge in [-0.05, 0) is 32.1 Å². The molecule has 2 atom stereocenters. The number of carbonyl (C=O) groups excluding carboxylic acids is 1. The predicted molar refractivity (Wildman–Crippen MR) is 77.9 cm³/mol. The number of rotatable bonds is 4. The molecule has 1 amide bonds. The lowest BCUT2D eigenvalue weighted by Gasteiger charge is -2.31. The van der Waals surface area contributed by atoms with Crippen LogP contribution in [-0.2, 0) is 4.79 Å². The molecular formula is C14H24N2OS. The van der Waals surface area contributed by atoms with Gasteiger partial charge in [-0.2, -0.15) is 11.8 Å². The van der Waals surface area contributed by atoms with Crippen LogP contribution in [0.2, 0.25) is 0 Å². The number of amides is 1. The highest BCUT2D eigenvalue weighted by Gasteiger charge is 2.23. The van der Waals surface area contributed by atoms with E-state index in [0.29, 0.717) is 5.92 Å². The van der Waals surface area contributed by atoms with Crippen molar-refractivity contribution in [3.05, 3.63) is 12.2 Å². The molecule has 0 saturated carbocycles. The lowest BCUT2D eigenvalue weighted by Crippen LogP contribution is -2.49. The first-order valence-corrected chi connectivity index (χ1v) is 8.17. The molecule has 1 aliphatic heterocycles. The Morgan fingerprint density at radius 2 is 2.22 bits per heavy atom. The average molecular weight is 268 g/mol. The first-order chi connectivity index (χ1) is 8.77. The predicted octanol–water partition coefficient (Wildman–Crippen LogP) is 1.90. The minimum Gasteiger partial charge on any atom is -0.354 e. The van der Waals surface area contributed by atoms with E-state index in [1.165, 1.54) is 12.8 Å². The van der Waals surface area contributed by atoms with Crippen LogP contribution in [0.15, 0.2) is 12.2 Å². The summed E-state index contributed by atoms with van der Waals surface area (Å²) in [5.74, 6) is 3.16. The van der Waals surface area contributed by atoms with Crippen molar-refractivity contribution in [1.82, 2.24) is 10.2 Å². The van der Waals surface area contributed by atoms with E-state index in [1.807, 2.05) is 18.7 Å². The van der Waals surface area contributed by atoms with Crippen LogP contribution >= 0.6 is 11.8 Å². The minimum atomic E-state index is 0.0324. The molecule has 0 spiro atoms. The summed E-state index contributed by atoms with van der Waals surface area (Å²) in [5.41, 5.74) is 0. The number of nitrogens with zero attached hydrogens (tertiary/aromatic N) is 1. The number of allylic oxidation sites excluding steroid dienone is 2. The molecule has 0 aromatic rings. The molecule has 2 aliphatic rings. The van der Waals surface area contributed by atoms with E-state index in [1.54, 1.807) is 0 Å². The van der Waals surface area contributed by atoms with Gasteiger partial charge >= 0.3 is 0 Å². The first-order valence-electron chi connectivity index (χ1n) is 7.02. The lowest BCUT2D eigenvalue weighted by atomic mass is 9.94. The monoisotopic (exact) mass is 268 g/mol. The molecule has 2 unspecified atom stereocenters. The number of hydrogen-bond donors (Lipinski definition) is 1. The van der Waals surface area contributed by atoms with E-state index in [4.69, 9.17) is 0 Å². The maximum Gasteiger partial charge on any atom is 0.237 e. The Morgan fingerprint density at radius 1 is 1.44 bits per heavy atom. The molecule has 4 heteroatoms. The molecule has 1 aliphatic carbocycles. The smallest absolute Gasteiger partial charge is 0.237 e. The van der Waals surface area contributed by atoms with Crippen molar-refractivity contribution in [3.63, 3.8) is 0 Å². The molecule has 0 aromatic carbocycles. The van der Waals surface area contributed by atoms with Crippen LogP contribution in [0, 0.1) is 5.92 Å². The summed E-state index contributed by atoms with van der Waals surface area (Å²) in [6.45, 7) is 4.97. The molecule has 1 fully saturated rings. The second-order valence-corrected chi connectivity index (χ2v) is 6.44. The summed E-state index contributed by atoms with van der Waals surface area (Å²) in [6, 6.07) is 0.0324. The summed E-state index contributed by atoms with van der Waals surface area (Å²) in [6.07, 6.45) is 7.98. The molecule has 1 heterocycles. The lowest BCUT2D eigenvalue weighted by molar-refractivity contribution is -0.126. The van der Waals surface area contributed by atoms with Gasteiger partial charge < -0.3 is 5.32 Å². The zero-order chi connectivity index (χ0) is 12.8. The van der Waals surface area contributed by atoms with Crippen LogP contribution in [0.3, 0.4) is 0 Å². The highest BCUT2D eigenvalue weighted by molar-refractivity contribution is 7.99. The van der Waals surface area contributed by atoms with E-state index in [-0.39, 0.29) is 11.9 Å². The standard InChI is InChI=1S/C14H24N2OS/c1-12(16-7-9-18-10-8-16)14(17)15-11-13-5-3-2-4-6-13/h2-3,12-13H,4-11H2,1H3,(H,15,17). The van der Waals surface area contributed by atoms with Crippen molar-refractivity contribution in [3.8, 4) is 0 Å². The fourth-order valence-electron chi connectivity index (χ4n) is 2.56.